The highest BCUT2D eigenvalue weighted by Crippen LogP contribution is 2.38. The maximum Gasteiger partial charge on any atom is 0.419 e. The van der Waals surface area contributed by atoms with Crippen LogP contribution in [-0.2, 0) is 17.8 Å². The minimum Gasteiger partial charge on any atom is -0.443 e. The van der Waals surface area contributed by atoms with Gasteiger partial charge in [0.2, 0.25) is 0 Å². The molecule has 1 aromatic heterocycles. The average Bonchev–Trinajstić information content (AvgIpc) is 3.45. The van der Waals surface area contributed by atoms with Crippen molar-refractivity contribution in [1.82, 2.24) is 19.7 Å². The van der Waals surface area contributed by atoms with Crippen LogP contribution < -0.4 is 10.1 Å². The fraction of sp³-hybridized carbons (Fsp3) is 0.433. The third-order valence-electron chi connectivity index (χ3n) is 7.06. The number of nitrogens with zero attached hydrogens (tertiary/aromatic N) is 3. The summed E-state index contributed by atoms with van der Waals surface area (Å²) in [6, 6.07) is 11.5. The molecule has 2 aliphatic heterocycles. The van der Waals surface area contributed by atoms with Gasteiger partial charge in [0, 0.05) is 43.7 Å². The van der Waals surface area contributed by atoms with Crippen molar-refractivity contribution in [2.75, 3.05) is 27.2 Å². The molecule has 2 aliphatic rings. The Kier molecular flexibility index (Phi) is 7.11. The lowest BCUT2D eigenvalue weighted by Gasteiger charge is -2.26. The van der Waals surface area contributed by atoms with Crippen LogP contribution in [0, 0.1) is 0 Å². The van der Waals surface area contributed by atoms with Crippen LogP contribution in [0.15, 0.2) is 36.4 Å². The van der Waals surface area contributed by atoms with Crippen molar-refractivity contribution >= 4 is 29.0 Å². The van der Waals surface area contributed by atoms with Crippen LogP contribution in [0.1, 0.15) is 61.5 Å². The molecule has 0 aliphatic carbocycles. The quantitative estimate of drug-likeness (QED) is 0.485. The second-order valence-corrected chi connectivity index (χ2v) is 11.5. The normalized spacial score (nSPS) is 15.7. The molecule has 5 rings (SSSR count). The number of aromatic nitrogens is 1. The van der Waals surface area contributed by atoms with Gasteiger partial charge in [0.1, 0.15) is 11.4 Å². The van der Waals surface area contributed by atoms with Crippen LogP contribution in [0.4, 0.5) is 9.59 Å². The zero-order chi connectivity index (χ0) is 27.9. The summed E-state index contributed by atoms with van der Waals surface area (Å²) in [6.45, 7) is 8.74. The molecule has 3 heterocycles. The van der Waals surface area contributed by atoms with E-state index in [4.69, 9.17) is 9.47 Å². The molecule has 39 heavy (non-hydrogen) atoms. The van der Waals surface area contributed by atoms with E-state index < -0.39 is 17.8 Å². The van der Waals surface area contributed by atoms with Crippen molar-refractivity contribution in [2.24, 2.45) is 0 Å². The molecule has 0 spiro atoms. The number of benzene rings is 2. The third-order valence-corrected chi connectivity index (χ3v) is 7.06. The first kappa shape index (κ1) is 26.7. The van der Waals surface area contributed by atoms with Gasteiger partial charge in [-0.15, -0.1) is 0 Å². The van der Waals surface area contributed by atoms with Crippen molar-refractivity contribution in [1.29, 1.82) is 0 Å². The number of ether oxygens (including phenoxy) is 2. The highest BCUT2D eigenvalue weighted by Gasteiger charge is 2.31. The Morgan fingerprint density at radius 1 is 1.03 bits per heavy atom. The lowest BCUT2D eigenvalue weighted by atomic mass is 9.99. The zero-order valence-electron chi connectivity index (χ0n) is 23.3. The fourth-order valence-corrected chi connectivity index (χ4v) is 5.26. The summed E-state index contributed by atoms with van der Waals surface area (Å²) >= 11 is 0. The predicted octanol–water partition coefficient (Wildman–Crippen LogP) is 5.38. The van der Waals surface area contributed by atoms with E-state index in [1.165, 1.54) is 34.3 Å². The van der Waals surface area contributed by atoms with Crippen LogP contribution in [0.25, 0.3) is 22.2 Å². The van der Waals surface area contributed by atoms with Crippen molar-refractivity contribution in [3.05, 3.63) is 53.1 Å². The Bertz CT molecular complexity index is 1440. The molecule has 0 unspecified atom stereocenters. The van der Waals surface area contributed by atoms with Gasteiger partial charge >= 0.3 is 12.2 Å². The van der Waals surface area contributed by atoms with Gasteiger partial charge in [0.15, 0.2) is 0 Å². The predicted molar refractivity (Wildman–Crippen MR) is 149 cm³/mol. The van der Waals surface area contributed by atoms with Crippen molar-refractivity contribution in [3.8, 4) is 17.0 Å². The van der Waals surface area contributed by atoms with Crippen LogP contribution in [-0.4, -0.2) is 65.2 Å². The second-order valence-electron chi connectivity index (χ2n) is 11.5. The summed E-state index contributed by atoms with van der Waals surface area (Å²) in [5.41, 5.74) is 3.27. The Hall–Kier alpha value is -3.85. The minimum atomic E-state index is -0.706. The van der Waals surface area contributed by atoms with E-state index in [2.05, 4.69) is 22.3 Å². The van der Waals surface area contributed by atoms with Gasteiger partial charge in [-0.1, -0.05) is 12.5 Å². The van der Waals surface area contributed by atoms with Gasteiger partial charge in [0.25, 0.3) is 5.91 Å². The molecule has 1 fully saturated rings. The van der Waals surface area contributed by atoms with Gasteiger partial charge in [-0.25, -0.2) is 14.2 Å². The first-order valence-electron chi connectivity index (χ1n) is 13.5. The van der Waals surface area contributed by atoms with Crippen molar-refractivity contribution in [3.63, 3.8) is 0 Å². The number of carbonyl (C=O) groups is 3. The highest BCUT2D eigenvalue weighted by molar-refractivity contribution is 6.07. The molecule has 0 radical (unpaired) electrons. The summed E-state index contributed by atoms with van der Waals surface area (Å²) in [7, 11) is 3.19. The maximum atomic E-state index is 13.6. The third kappa shape index (κ3) is 5.49. The Balaban J connectivity index is 1.63. The van der Waals surface area contributed by atoms with Gasteiger partial charge < -0.3 is 19.7 Å². The summed E-state index contributed by atoms with van der Waals surface area (Å²) in [5.74, 6) is 0.0316. The molecule has 0 bridgehead atoms. The highest BCUT2D eigenvalue weighted by atomic mass is 16.6. The van der Waals surface area contributed by atoms with Crippen molar-refractivity contribution < 1.29 is 23.9 Å². The minimum absolute atomic E-state index is 0.227. The van der Waals surface area contributed by atoms with E-state index in [0.29, 0.717) is 33.7 Å². The lowest BCUT2D eigenvalue weighted by molar-refractivity contribution is 0.0546. The molecule has 2 amide bonds. The maximum absolute atomic E-state index is 13.6. The van der Waals surface area contributed by atoms with E-state index >= 15 is 0 Å². The second kappa shape index (κ2) is 10.4. The molecular formula is C30H36N4O5. The van der Waals surface area contributed by atoms with Crippen LogP contribution in [0.5, 0.6) is 5.75 Å². The number of hydrogen-bond donors (Lipinski definition) is 1. The largest absolute Gasteiger partial charge is 0.443 e. The number of hydrogen-bond acceptors (Lipinski definition) is 6. The van der Waals surface area contributed by atoms with Crippen LogP contribution >= 0.6 is 0 Å². The first-order chi connectivity index (χ1) is 18.5. The van der Waals surface area contributed by atoms with E-state index in [9.17, 15) is 14.4 Å². The molecule has 9 nitrogen and oxygen atoms in total. The summed E-state index contributed by atoms with van der Waals surface area (Å²) < 4.78 is 12.9. The van der Waals surface area contributed by atoms with E-state index in [0.717, 1.165) is 25.0 Å². The van der Waals surface area contributed by atoms with Crippen molar-refractivity contribution in [2.45, 2.75) is 58.7 Å². The SMILES string of the molecule is CN(C)C(=O)Oc1ccc(-c2cc3cc(CN4CCCCC4)ccc3n2C(=O)OC(C)(C)C)c2c1CNC2=O. The van der Waals surface area contributed by atoms with E-state index in [1.807, 2.05) is 32.9 Å². The number of amides is 2. The van der Waals surface area contributed by atoms with Gasteiger partial charge in [0.05, 0.1) is 16.8 Å². The number of fused-ring (bicyclic) bond motifs is 2. The standard InChI is InChI=1S/C30H36N4O5/c1-30(2,3)39-29(37)34-23-11-9-19(18-33-13-7-6-8-14-33)15-20(23)16-24(34)21-10-12-25(38-28(36)32(4)5)22-17-31-27(35)26(21)22/h9-12,15-16H,6-8,13-14,17-18H2,1-5H3,(H,31,35). The van der Waals surface area contributed by atoms with Gasteiger partial charge in [-0.3, -0.25) is 9.69 Å². The first-order valence-corrected chi connectivity index (χ1v) is 13.5. The number of nitrogens with one attached hydrogen (secondary N) is 1. The average molecular weight is 533 g/mol. The molecule has 206 valence electrons. The number of carbonyl (C=O) groups excluding carboxylic acids is 3. The molecule has 9 heteroatoms. The summed E-state index contributed by atoms with van der Waals surface area (Å²) in [5, 5.41) is 3.73. The fourth-order valence-electron chi connectivity index (χ4n) is 5.26. The molecule has 1 saturated heterocycles. The number of rotatable bonds is 4. The van der Waals surface area contributed by atoms with E-state index in [-0.39, 0.29) is 12.5 Å². The molecular weight excluding hydrogens is 496 g/mol. The Morgan fingerprint density at radius 3 is 2.46 bits per heavy atom. The summed E-state index contributed by atoms with van der Waals surface area (Å²) in [6.07, 6.45) is 2.66. The zero-order valence-corrected chi connectivity index (χ0v) is 23.3. The monoisotopic (exact) mass is 532 g/mol. The van der Waals surface area contributed by atoms with E-state index in [1.54, 1.807) is 26.2 Å². The Labute approximate surface area is 228 Å². The molecule has 1 N–H and O–H groups in total. The molecule has 0 saturated carbocycles. The van der Waals surface area contributed by atoms with Crippen LogP contribution in [0.2, 0.25) is 0 Å². The number of likely N-dealkylation sites (tertiary alicyclic amines) is 1. The molecule has 2 aromatic carbocycles. The summed E-state index contributed by atoms with van der Waals surface area (Å²) in [4.78, 5) is 42.6. The number of piperidine rings is 1. The van der Waals surface area contributed by atoms with Crippen LogP contribution in [0.3, 0.4) is 0 Å². The lowest BCUT2D eigenvalue weighted by Crippen LogP contribution is -2.29. The van der Waals surface area contributed by atoms with Gasteiger partial charge in [-0.2, -0.15) is 0 Å². The topological polar surface area (TPSA) is 93.1 Å². The Morgan fingerprint density at radius 2 is 1.77 bits per heavy atom. The van der Waals surface area contributed by atoms with Gasteiger partial charge in [-0.05, 0) is 82.6 Å². The molecule has 3 aromatic rings. The smallest absolute Gasteiger partial charge is 0.419 e. The molecule has 0 atom stereocenters.